The van der Waals surface area contributed by atoms with E-state index in [2.05, 4.69) is 43.1 Å². The average molecular weight is 247 g/mol. The SMILES string of the molecule is Cc1cc(C)c(CSc2nncn2C)c(C)c1. The summed E-state index contributed by atoms with van der Waals surface area (Å²) in [6.45, 7) is 6.48. The van der Waals surface area contributed by atoms with Gasteiger partial charge in [0, 0.05) is 12.8 Å². The molecule has 2 aromatic rings. The summed E-state index contributed by atoms with van der Waals surface area (Å²) in [6, 6.07) is 4.47. The molecule has 0 aliphatic carbocycles. The van der Waals surface area contributed by atoms with Crippen LogP contribution >= 0.6 is 11.8 Å². The van der Waals surface area contributed by atoms with Crippen LogP contribution in [0.3, 0.4) is 0 Å². The third kappa shape index (κ3) is 2.69. The Morgan fingerprint density at radius 1 is 1.18 bits per heavy atom. The zero-order valence-electron chi connectivity index (χ0n) is 10.7. The fourth-order valence-corrected chi connectivity index (χ4v) is 3.06. The van der Waals surface area contributed by atoms with Gasteiger partial charge in [-0.15, -0.1) is 10.2 Å². The van der Waals surface area contributed by atoms with E-state index in [9.17, 15) is 0 Å². The Morgan fingerprint density at radius 2 is 1.82 bits per heavy atom. The van der Waals surface area contributed by atoms with Crippen LogP contribution in [0.5, 0.6) is 0 Å². The first kappa shape index (κ1) is 12.2. The number of rotatable bonds is 3. The van der Waals surface area contributed by atoms with E-state index in [-0.39, 0.29) is 0 Å². The van der Waals surface area contributed by atoms with Crippen molar-refractivity contribution in [2.75, 3.05) is 0 Å². The summed E-state index contributed by atoms with van der Waals surface area (Å²) in [7, 11) is 1.97. The number of nitrogens with zero attached hydrogens (tertiary/aromatic N) is 3. The largest absolute Gasteiger partial charge is 0.312 e. The van der Waals surface area contributed by atoms with Crippen LogP contribution in [0, 0.1) is 20.8 Å². The second kappa shape index (κ2) is 4.92. The van der Waals surface area contributed by atoms with E-state index in [1.165, 1.54) is 22.3 Å². The molecule has 0 aliphatic heterocycles. The van der Waals surface area contributed by atoms with Crippen molar-refractivity contribution in [3.05, 3.63) is 40.7 Å². The fraction of sp³-hybridized carbons (Fsp3) is 0.385. The molecule has 3 nitrogen and oxygen atoms in total. The number of hydrogen-bond donors (Lipinski definition) is 0. The van der Waals surface area contributed by atoms with Crippen LogP contribution in [-0.2, 0) is 12.8 Å². The van der Waals surface area contributed by atoms with Gasteiger partial charge in [0.25, 0.3) is 0 Å². The molecule has 0 aliphatic rings. The van der Waals surface area contributed by atoms with Crippen molar-refractivity contribution in [3.63, 3.8) is 0 Å². The minimum Gasteiger partial charge on any atom is -0.312 e. The van der Waals surface area contributed by atoms with Crippen molar-refractivity contribution in [2.45, 2.75) is 31.7 Å². The van der Waals surface area contributed by atoms with E-state index < -0.39 is 0 Å². The lowest BCUT2D eigenvalue weighted by molar-refractivity contribution is 0.788. The van der Waals surface area contributed by atoms with Crippen LogP contribution in [0.25, 0.3) is 0 Å². The predicted octanol–water partition coefficient (Wildman–Crippen LogP) is 3.03. The number of benzene rings is 1. The van der Waals surface area contributed by atoms with Gasteiger partial charge < -0.3 is 4.57 Å². The standard InChI is InChI=1S/C13H17N3S/c1-9-5-10(2)12(11(3)6-9)7-17-13-15-14-8-16(13)4/h5-6,8H,7H2,1-4H3. The molecule has 0 saturated heterocycles. The van der Waals surface area contributed by atoms with Gasteiger partial charge in [-0.2, -0.15) is 0 Å². The van der Waals surface area contributed by atoms with Gasteiger partial charge in [-0.1, -0.05) is 29.5 Å². The third-order valence-electron chi connectivity index (χ3n) is 2.86. The third-order valence-corrected chi connectivity index (χ3v) is 3.92. The molecule has 1 heterocycles. The van der Waals surface area contributed by atoms with Crippen molar-refractivity contribution >= 4 is 11.8 Å². The molecule has 0 radical (unpaired) electrons. The lowest BCUT2D eigenvalue weighted by Crippen LogP contribution is -1.95. The van der Waals surface area contributed by atoms with E-state index in [1.54, 1.807) is 18.1 Å². The summed E-state index contributed by atoms with van der Waals surface area (Å²) < 4.78 is 1.95. The van der Waals surface area contributed by atoms with E-state index in [4.69, 9.17) is 0 Å². The van der Waals surface area contributed by atoms with Crippen molar-refractivity contribution in [1.29, 1.82) is 0 Å². The summed E-state index contributed by atoms with van der Waals surface area (Å²) in [5.41, 5.74) is 5.45. The zero-order valence-corrected chi connectivity index (χ0v) is 11.5. The average Bonchev–Trinajstić information content (AvgIpc) is 2.62. The maximum atomic E-state index is 4.08. The molecule has 90 valence electrons. The van der Waals surface area contributed by atoms with Crippen molar-refractivity contribution in [1.82, 2.24) is 14.8 Å². The maximum Gasteiger partial charge on any atom is 0.191 e. The highest BCUT2D eigenvalue weighted by Gasteiger charge is 2.07. The molecule has 4 heteroatoms. The summed E-state index contributed by atoms with van der Waals surface area (Å²) in [6.07, 6.45) is 1.73. The molecule has 0 fully saturated rings. The van der Waals surface area contributed by atoms with Crippen LogP contribution < -0.4 is 0 Å². The summed E-state index contributed by atoms with van der Waals surface area (Å²) in [4.78, 5) is 0. The van der Waals surface area contributed by atoms with E-state index in [0.717, 1.165) is 10.9 Å². The highest BCUT2D eigenvalue weighted by Crippen LogP contribution is 2.25. The van der Waals surface area contributed by atoms with Gasteiger partial charge in [-0.05, 0) is 37.5 Å². The predicted molar refractivity (Wildman–Crippen MR) is 71.2 cm³/mol. The van der Waals surface area contributed by atoms with E-state index in [0.29, 0.717) is 0 Å². The lowest BCUT2D eigenvalue weighted by Gasteiger charge is -2.10. The van der Waals surface area contributed by atoms with Crippen LogP contribution in [-0.4, -0.2) is 14.8 Å². The first-order chi connectivity index (χ1) is 8.08. The highest BCUT2D eigenvalue weighted by atomic mass is 32.2. The van der Waals surface area contributed by atoms with Gasteiger partial charge in [-0.3, -0.25) is 0 Å². The molecule has 0 N–H and O–H groups in total. The summed E-state index contributed by atoms with van der Waals surface area (Å²) in [5.74, 6) is 0.949. The molecule has 0 atom stereocenters. The Labute approximate surface area is 106 Å². The Balaban J connectivity index is 2.17. The molecular weight excluding hydrogens is 230 g/mol. The summed E-state index contributed by atoms with van der Waals surface area (Å²) >= 11 is 1.73. The highest BCUT2D eigenvalue weighted by molar-refractivity contribution is 7.98. The molecule has 0 saturated carbocycles. The van der Waals surface area contributed by atoms with Crippen LogP contribution in [0.4, 0.5) is 0 Å². The van der Waals surface area contributed by atoms with Gasteiger partial charge in [0.1, 0.15) is 6.33 Å². The van der Waals surface area contributed by atoms with Crippen molar-refractivity contribution < 1.29 is 0 Å². The second-order valence-corrected chi connectivity index (χ2v) is 5.33. The van der Waals surface area contributed by atoms with Crippen LogP contribution in [0.1, 0.15) is 22.3 Å². The lowest BCUT2D eigenvalue weighted by atomic mass is 10.0. The second-order valence-electron chi connectivity index (χ2n) is 4.39. The zero-order chi connectivity index (χ0) is 12.4. The summed E-state index contributed by atoms with van der Waals surface area (Å²) in [5, 5.41) is 8.93. The molecule has 0 unspecified atom stereocenters. The van der Waals surface area contributed by atoms with Crippen molar-refractivity contribution in [2.24, 2.45) is 7.05 Å². The van der Waals surface area contributed by atoms with E-state index in [1.807, 2.05) is 11.6 Å². The van der Waals surface area contributed by atoms with Gasteiger partial charge in [0.2, 0.25) is 0 Å². The molecule has 1 aromatic carbocycles. The smallest absolute Gasteiger partial charge is 0.191 e. The fourth-order valence-electron chi connectivity index (χ4n) is 1.98. The van der Waals surface area contributed by atoms with Gasteiger partial charge in [0.05, 0.1) is 0 Å². The van der Waals surface area contributed by atoms with Gasteiger partial charge in [-0.25, -0.2) is 0 Å². The molecular formula is C13H17N3S. The van der Waals surface area contributed by atoms with Gasteiger partial charge in [0.15, 0.2) is 5.16 Å². The minimum absolute atomic E-state index is 0.949. The first-order valence-corrected chi connectivity index (χ1v) is 6.60. The Bertz CT molecular complexity index is 508. The number of aryl methyl sites for hydroxylation is 4. The number of thioether (sulfide) groups is 1. The molecule has 0 bridgehead atoms. The molecule has 17 heavy (non-hydrogen) atoms. The normalized spacial score (nSPS) is 10.8. The van der Waals surface area contributed by atoms with Gasteiger partial charge >= 0.3 is 0 Å². The molecule has 0 spiro atoms. The van der Waals surface area contributed by atoms with Crippen molar-refractivity contribution in [3.8, 4) is 0 Å². The topological polar surface area (TPSA) is 30.7 Å². The minimum atomic E-state index is 0.949. The number of aromatic nitrogens is 3. The Morgan fingerprint density at radius 3 is 2.35 bits per heavy atom. The number of hydrogen-bond acceptors (Lipinski definition) is 3. The quantitative estimate of drug-likeness (QED) is 0.781. The molecule has 2 rings (SSSR count). The maximum absolute atomic E-state index is 4.08. The Kier molecular flexibility index (Phi) is 3.52. The van der Waals surface area contributed by atoms with Crippen LogP contribution in [0.2, 0.25) is 0 Å². The molecule has 1 aromatic heterocycles. The first-order valence-electron chi connectivity index (χ1n) is 5.61. The Hall–Kier alpha value is -1.29. The van der Waals surface area contributed by atoms with E-state index >= 15 is 0 Å². The monoisotopic (exact) mass is 247 g/mol. The van der Waals surface area contributed by atoms with Crippen LogP contribution in [0.15, 0.2) is 23.6 Å². The molecule has 0 amide bonds.